The Kier molecular flexibility index (Phi) is 4.81. The van der Waals surface area contributed by atoms with E-state index in [1.807, 2.05) is 0 Å². The van der Waals surface area contributed by atoms with E-state index in [4.69, 9.17) is 0 Å². The van der Waals surface area contributed by atoms with Crippen molar-refractivity contribution in [3.05, 3.63) is 101 Å². The lowest BCUT2D eigenvalue weighted by atomic mass is 9.81. The molecule has 0 heterocycles. The molecule has 0 aromatic heterocycles. The highest BCUT2D eigenvalue weighted by atomic mass is 79.9. The first-order valence-corrected chi connectivity index (χ1v) is 15.3. The molecule has 2 atom stereocenters. The topological polar surface area (TPSA) is 0 Å². The Bertz CT molecular complexity index is 1220. The molecule has 0 N–H and O–H groups in total. The number of benzene rings is 2. The highest BCUT2D eigenvalue weighted by Gasteiger charge is 2.45. The minimum Gasteiger partial charge on any atom is -0.0675 e. The Morgan fingerprint density at radius 2 is 1.67 bits per heavy atom. The van der Waals surface area contributed by atoms with Crippen LogP contribution < -0.4 is 0 Å². The molecule has 0 nitrogen and oxygen atoms in total. The zero-order valence-electron chi connectivity index (χ0n) is 18.1. The van der Waals surface area contributed by atoms with Gasteiger partial charge in [-0.15, -0.1) is 0 Å². The SMILES string of the molecule is CC1=Cc2c(Br)cccc2C1[Si](C)(C)C1=C(C)C=C2C1=Cc1cc(Br)ccc1C2C. The maximum absolute atomic E-state index is 3.79. The first kappa shape index (κ1) is 20.5. The average molecular weight is 538 g/mol. The molecule has 0 aliphatic heterocycles. The number of fused-ring (bicyclic) bond motifs is 3. The molecule has 2 aromatic rings. The summed E-state index contributed by atoms with van der Waals surface area (Å²) in [4.78, 5) is 0. The normalized spacial score (nSPS) is 22.3. The number of hydrogen-bond donors (Lipinski definition) is 0. The Labute approximate surface area is 197 Å². The molecular formula is C27H26Br2Si. The van der Waals surface area contributed by atoms with E-state index < -0.39 is 8.07 Å². The van der Waals surface area contributed by atoms with Gasteiger partial charge in [-0.25, -0.2) is 0 Å². The minimum atomic E-state index is -1.85. The summed E-state index contributed by atoms with van der Waals surface area (Å²) in [6.45, 7) is 12.2. The molecule has 0 radical (unpaired) electrons. The van der Waals surface area contributed by atoms with E-state index in [0.717, 1.165) is 4.47 Å². The van der Waals surface area contributed by atoms with Gasteiger partial charge < -0.3 is 0 Å². The number of allylic oxidation sites excluding steroid dienone is 6. The van der Waals surface area contributed by atoms with Crippen LogP contribution in [-0.2, 0) is 0 Å². The predicted octanol–water partition coefficient (Wildman–Crippen LogP) is 8.96. The molecule has 2 aromatic carbocycles. The van der Waals surface area contributed by atoms with Crippen molar-refractivity contribution in [3.63, 3.8) is 0 Å². The van der Waals surface area contributed by atoms with Crippen LogP contribution in [0.3, 0.4) is 0 Å². The van der Waals surface area contributed by atoms with E-state index >= 15 is 0 Å². The quantitative estimate of drug-likeness (QED) is 0.335. The highest BCUT2D eigenvalue weighted by molar-refractivity contribution is 9.10. The smallest absolute Gasteiger partial charge is 0.0675 e. The van der Waals surface area contributed by atoms with Crippen LogP contribution in [-0.4, -0.2) is 8.07 Å². The lowest BCUT2D eigenvalue weighted by Crippen LogP contribution is -2.39. The molecule has 0 spiro atoms. The maximum Gasteiger partial charge on any atom is 0.0934 e. The monoisotopic (exact) mass is 536 g/mol. The van der Waals surface area contributed by atoms with Crippen molar-refractivity contribution < 1.29 is 0 Å². The fraction of sp³-hybridized carbons (Fsp3) is 0.259. The summed E-state index contributed by atoms with van der Waals surface area (Å²) in [7, 11) is -1.85. The molecule has 3 aliphatic rings. The zero-order chi connectivity index (χ0) is 21.4. The number of halogens is 2. The van der Waals surface area contributed by atoms with Gasteiger partial charge in [-0.3, -0.25) is 0 Å². The molecule has 5 rings (SSSR count). The van der Waals surface area contributed by atoms with E-state index in [2.05, 4.69) is 120 Å². The summed E-state index contributed by atoms with van der Waals surface area (Å²) >= 11 is 7.46. The Balaban J connectivity index is 1.66. The van der Waals surface area contributed by atoms with Crippen molar-refractivity contribution in [3.8, 4) is 0 Å². The second kappa shape index (κ2) is 7.05. The molecular weight excluding hydrogens is 512 g/mol. The molecule has 152 valence electrons. The van der Waals surface area contributed by atoms with Crippen molar-refractivity contribution in [2.24, 2.45) is 0 Å². The van der Waals surface area contributed by atoms with Gasteiger partial charge in [0.25, 0.3) is 0 Å². The number of rotatable bonds is 2. The molecule has 0 fully saturated rings. The molecule has 0 saturated heterocycles. The van der Waals surface area contributed by atoms with E-state index in [9.17, 15) is 0 Å². The van der Waals surface area contributed by atoms with Crippen LogP contribution in [0.25, 0.3) is 12.2 Å². The van der Waals surface area contributed by atoms with Crippen LogP contribution in [0.1, 0.15) is 54.5 Å². The Morgan fingerprint density at radius 1 is 0.900 bits per heavy atom. The molecule has 0 bridgehead atoms. The van der Waals surface area contributed by atoms with Gasteiger partial charge in [0.1, 0.15) is 0 Å². The van der Waals surface area contributed by atoms with Crippen molar-refractivity contribution in [1.29, 1.82) is 0 Å². The molecule has 0 saturated carbocycles. The van der Waals surface area contributed by atoms with Gasteiger partial charge in [0, 0.05) is 20.4 Å². The second-order valence-corrected chi connectivity index (χ2v) is 15.8. The van der Waals surface area contributed by atoms with Gasteiger partial charge in [-0.1, -0.05) is 93.4 Å². The molecule has 3 aliphatic carbocycles. The fourth-order valence-electron chi connectivity index (χ4n) is 6.11. The molecule has 0 amide bonds. The van der Waals surface area contributed by atoms with Crippen molar-refractivity contribution >= 4 is 52.1 Å². The first-order chi connectivity index (χ1) is 14.2. The van der Waals surface area contributed by atoms with Crippen LogP contribution in [0.5, 0.6) is 0 Å². The Morgan fingerprint density at radius 3 is 2.43 bits per heavy atom. The standard InChI is InChI=1S/C27H26Br2Si/c1-15-11-22-17(3)20-10-9-19(28)13-18(20)14-24(22)27(15)30(4,5)26-16(2)12-23-21(26)7-6-8-25(23)29/h6-14,17,26H,1-5H3. The maximum atomic E-state index is 3.79. The van der Waals surface area contributed by atoms with E-state index in [1.165, 1.54) is 49.0 Å². The summed E-state index contributed by atoms with van der Waals surface area (Å²) < 4.78 is 2.37. The van der Waals surface area contributed by atoms with Crippen LogP contribution in [0, 0.1) is 0 Å². The predicted molar refractivity (Wildman–Crippen MR) is 139 cm³/mol. The van der Waals surface area contributed by atoms with Crippen LogP contribution in [0.15, 0.2) is 78.9 Å². The lowest BCUT2D eigenvalue weighted by molar-refractivity contribution is 0.899. The molecule has 2 unspecified atom stereocenters. The van der Waals surface area contributed by atoms with Crippen molar-refractivity contribution in [1.82, 2.24) is 0 Å². The fourth-order valence-corrected chi connectivity index (χ4v) is 11.5. The van der Waals surface area contributed by atoms with Crippen LogP contribution in [0.4, 0.5) is 0 Å². The Hall–Kier alpha value is -1.42. The summed E-state index contributed by atoms with van der Waals surface area (Å²) in [6.07, 6.45) is 7.34. The van der Waals surface area contributed by atoms with E-state index in [1.54, 1.807) is 5.20 Å². The first-order valence-electron chi connectivity index (χ1n) is 10.6. The van der Waals surface area contributed by atoms with E-state index in [0.29, 0.717) is 11.5 Å². The van der Waals surface area contributed by atoms with E-state index in [-0.39, 0.29) is 0 Å². The van der Waals surface area contributed by atoms with Gasteiger partial charge >= 0.3 is 0 Å². The second-order valence-electron chi connectivity index (χ2n) is 9.50. The summed E-state index contributed by atoms with van der Waals surface area (Å²) in [5.41, 5.74) is 12.2. The zero-order valence-corrected chi connectivity index (χ0v) is 22.3. The summed E-state index contributed by atoms with van der Waals surface area (Å²) in [6, 6.07) is 13.4. The van der Waals surface area contributed by atoms with Gasteiger partial charge in [0.15, 0.2) is 0 Å². The number of hydrogen-bond acceptors (Lipinski definition) is 0. The third-order valence-electron chi connectivity index (χ3n) is 7.22. The average Bonchev–Trinajstić information content (AvgIpc) is 3.19. The highest BCUT2D eigenvalue weighted by Crippen LogP contribution is 2.54. The largest absolute Gasteiger partial charge is 0.0934 e. The van der Waals surface area contributed by atoms with Crippen LogP contribution in [0.2, 0.25) is 13.1 Å². The summed E-state index contributed by atoms with van der Waals surface area (Å²) in [5.74, 6) is 0.437. The van der Waals surface area contributed by atoms with Gasteiger partial charge in [0.05, 0.1) is 8.07 Å². The summed E-state index contributed by atoms with van der Waals surface area (Å²) in [5, 5.41) is 1.64. The van der Waals surface area contributed by atoms with Crippen LogP contribution >= 0.6 is 31.9 Å². The molecule has 30 heavy (non-hydrogen) atoms. The van der Waals surface area contributed by atoms with Crippen molar-refractivity contribution in [2.75, 3.05) is 0 Å². The third-order valence-corrected chi connectivity index (χ3v) is 12.6. The van der Waals surface area contributed by atoms with Crippen molar-refractivity contribution in [2.45, 2.75) is 45.3 Å². The van der Waals surface area contributed by atoms with Gasteiger partial charge in [0.2, 0.25) is 0 Å². The van der Waals surface area contributed by atoms with Gasteiger partial charge in [-0.2, -0.15) is 0 Å². The van der Waals surface area contributed by atoms with Gasteiger partial charge in [-0.05, 0) is 76.7 Å². The lowest BCUT2D eigenvalue weighted by Gasteiger charge is -2.37. The minimum absolute atomic E-state index is 0.437. The third kappa shape index (κ3) is 2.89. The molecule has 3 heteroatoms.